The molecule has 0 aliphatic carbocycles. The summed E-state index contributed by atoms with van der Waals surface area (Å²) in [6, 6.07) is 18.2. The molecule has 0 spiro atoms. The van der Waals surface area contributed by atoms with E-state index in [-0.39, 0.29) is 5.91 Å². The highest BCUT2D eigenvalue weighted by Gasteiger charge is 2.13. The maximum absolute atomic E-state index is 11.9. The van der Waals surface area contributed by atoms with Crippen molar-refractivity contribution in [2.24, 2.45) is 0 Å². The van der Waals surface area contributed by atoms with Crippen LogP contribution in [0.4, 0.5) is 0 Å². The van der Waals surface area contributed by atoms with Crippen LogP contribution in [0.5, 0.6) is 0 Å². The number of imidazole rings is 1. The van der Waals surface area contributed by atoms with Crippen LogP contribution in [0.3, 0.4) is 0 Å². The smallest absolute Gasteiger partial charge is 0.222 e. The average molecular weight is 293 g/mol. The lowest BCUT2D eigenvalue weighted by atomic mass is 10.2. The quantitative estimate of drug-likeness (QED) is 0.741. The molecule has 1 heterocycles. The van der Waals surface area contributed by atoms with Crippen molar-refractivity contribution in [1.29, 1.82) is 0 Å². The van der Waals surface area contributed by atoms with Crippen LogP contribution in [0.1, 0.15) is 12.2 Å². The average Bonchev–Trinajstić information content (AvgIpc) is 2.91. The molecule has 1 aromatic heterocycles. The van der Waals surface area contributed by atoms with Crippen LogP contribution in [-0.4, -0.2) is 34.5 Å². The molecule has 0 N–H and O–H groups in total. The summed E-state index contributed by atoms with van der Waals surface area (Å²) in [6.07, 6.45) is 1.09. The van der Waals surface area contributed by atoms with Gasteiger partial charge in [0.25, 0.3) is 0 Å². The van der Waals surface area contributed by atoms with Gasteiger partial charge >= 0.3 is 0 Å². The highest BCUT2D eigenvalue weighted by molar-refractivity contribution is 5.79. The van der Waals surface area contributed by atoms with Gasteiger partial charge in [-0.05, 0) is 24.3 Å². The molecule has 0 saturated carbocycles. The van der Waals surface area contributed by atoms with Gasteiger partial charge in [0.1, 0.15) is 5.82 Å². The van der Waals surface area contributed by atoms with E-state index in [1.54, 1.807) is 19.0 Å². The van der Waals surface area contributed by atoms with Crippen LogP contribution in [0.25, 0.3) is 16.7 Å². The minimum absolute atomic E-state index is 0.117. The Morgan fingerprint density at radius 3 is 2.45 bits per heavy atom. The second-order valence-electron chi connectivity index (χ2n) is 5.48. The first-order chi connectivity index (χ1) is 10.7. The Morgan fingerprint density at radius 1 is 1.05 bits per heavy atom. The Kier molecular flexibility index (Phi) is 3.92. The van der Waals surface area contributed by atoms with Crippen molar-refractivity contribution in [3.63, 3.8) is 0 Å². The molecule has 0 atom stereocenters. The molecular formula is C18H19N3O. The molecule has 3 aromatic rings. The van der Waals surface area contributed by atoms with Gasteiger partial charge in [0, 0.05) is 32.6 Å². The van der Waals surface area contributed by atoms with E-state index in [0.29, 0.717) is 12.8 Å². The van der Waals surface area contributed by atoms with Crippen molar-refractivity contribution in [3.8, 4) is 5.69 Å². The van der Waals surface area contributed by atoms with Gasteiger partial charge in [-0.25, -0.2) is 4.98 Å². The summed E-state index contributed by atoms with van der Waals surface area (Å²) in [6.45, 7) is 0. The number of rotatable bonds is 4. The summed E-state index contributed by atoms with van der Waals surface area (Å²) in [4.78, 5) is 18.2. The van der Waals surface area contributed by atoms with Gasteiger partial charge < -0.3 is 4.90 Å². The van der Waals surface area contributed by atoms with Crippen LogP contribution in [-0.2, 0) is 11.2 Å². The fourth-order valence-electron chi connectivity index (χ4n) is 2.55. The molecule has 0 aliphatic rings. The van der Waals surface area contributed by atoms with Gasteiger partial charge in [-0.3, -0.25) is 9.36 Å². The standard InChI is InChI=1S/C18H19N3O/c1-20(2)18(22)13-12-17-19-15-10-6-7-11-16(15)21(17)14-8-4-3-5-9-14/h3-11H,12-13H2,1-2H3. The van der Waals surface area contributed by atoms with Crippen molar-refractivity contribution in [3.05, 3.63) is 60.4 Å². The van der Waals surface area contributed by atoms with Crippen LogP contribution < -0.4 is 0 Å². The number of para-hydroxylation sites is 3. The van der Waals surface area contributed by atoms with E-state index in [4.69, 9.17) is 4.98 Å². The Labute approximate surface area is 130 Å². The lowest BCUT2D eigenvalue weighted by Crippen LogP contribution is -2.22. The Hall–Kier alpha value is -2.62. The topological polar surface area (TPSA) is 38.1 Å². The molecule has 0 unspecified atom stereocenters. The molecular weight excluding hydrogens is 274 g/mol. The molecule has 1 amide bonds. The van der Waals surface area contributed by atoms with Crippen molar-refractivity contribution >= 4 is 16.9 Å². The summed E-state index contributed by atoms with van der Waals surface area (Å²) < 4.78 is 2.14. The number of amides is 1. The fourth-order valence-corrected chi connectivity index (χ4v) is 2.55. The van der Waals surface area contributed by atoms with E-state index in [2.05, 4.69) is 22.8 Å². The van der Waals surface area contributed by atoms with Crippen LogP contribution in [0.15, 0.2) is 54.6 Å². The van der Waals surface area contributed by atoms with Gasteiger partial charge in [-0.15, -0.1) is 0 Å². The minimum Gasteiger partial charge on any atom is -0.349 e. The first kappa shape index (κ1) is 14.3. The lowest BCUT2D eigenvalue weighted by molar-refractivity contribution is -0.128. The third kappa shape index (κ3) is 2.72. The number of fused-ring (bicyclic) bond motifs is 1. The Bertz CT molecular complexity index is 790. The van der Waals surface area contributed by atoms with Crippen LogP contribution in [0, 0.1) is 0 Å². The molecule has 0 radical (unpaired) electrons. The largest absolute Gasteiger partial charge is 0.349 e. The molecule has 4 nitrogen and oxygen atoms in total. The number of hydrogen-bond acceptors (Lipinski definition) is 2. The number of carbonyl (C=O) groups is 1. The highest BCUT2D eigenvalue weighted by atomic mass is 16.2. The maximum atomic E-state index is 11.9. The number of aryl methyl sites for hydroxylation is 1. The number of aromatic nitrogens is 2. The maximum Gasteiger partial charge on any atom is 0.222 e. The molecule has 0 saturated heterocycles. The molecule has 3 rings (SSSR count). The Morgan fingerprint density at radius 2 is 1.73 bits per heavy atom. The second-order valence-corrected chi connectivity index (χ2v) is 5.48. The predicted octanol–water partition coefficient (Wildman–Crippen LogP) is 3.05. The zero-order valence-electron chi connectivity index (χ0n) is 12.9. The zero-order chi connectivity index (χ0) is 15.5. The number of nitrogens with zero attached hydrogens (tertiary/aromatic N) is 3. The minimum atomic E-state index is 0.117. The summed E-state index contributed by atoms with van der Waals surface area (Å²) >= 11 is 0. The third-order valence-corrected chi connectivity index (χ3v) is 3.71. The summed E-state index contributed by atoms with van der Waals surface area (Å²) in [7, 11) is 3.56. The fraction of sp³-hybridized carbons (Fsp3) is 0.222. The van der Waals surface area contributed by atoms with Crippen LogP contribution in [0.2, 0.25) is 0 Å². The van der Waals surface area contributed by atoms with E-state index in [1.165, 1.54) is 0 Å². The summed E-state index contributed by atoms with van der Waals surface area (Å²) in [5.74, 6) is 1.04. The molecule has 4 heteroatoms. The molecule has 0 bridgehead atoms. The summed E-state index contributed by atoms with van der Waals surface area (Å²) in [5.41, 5.74) is 3.10. The highest BCUT2D eigenvalue weighted by Crippen LogP contribution is 2.22. The van der Waals surface area contributed by atoms with Crippen LogP contribution >= 0.6 is 0 Å². The molecule has 112 valence electrons. The molecule has 2 aromatic carbocycles. The number of benzene rings is 2. The lowest BCUT2D eigenvalue weighted by Gasteiger charge is -2.11. The van der Waals surface area contributed by atoms with E-state index in [0.717, 1.165) is 22.5 Å². The van der Waals surface area contributed by atoms with E-state index < -0.39 is 0 Å². The van der Waals surface area contributed by atoms with Gasteiger partial charge in [0.05, 0.1) is 11.0 Å². The van der Waals surface area contributed by atoms with Gasteiger partial charge in [0.2, 0.25) is 5.91 Å². The first-order valence-corrected chi connectivity index (χ1v) is 7.39. The van der Waals surface area contributed by atoms with Gasteiger partial charge in [-0.2, -0.15) is 0 Å². The zero-order valence-corrected chi connectivity index (χ0v) is 12.9. The number of carbonyl (C=O) groups excluding carboxylic acids is 1. The normalized spacial score (nSPS) is 10.8. The molecule has 22 heavy (non-hydrogen) atoms. The SMILES string of the molecule is CN(C)C(=O)CCc1nc2ccccc2n1-c1ccccc1. The van der Waals surface area contributed by atoms with Gasteiger partial charge in [0.15, 0.2) is 0 Å². The van der Waals surface area contributed by atoms with Gasteiger partial charge in [-0.1, -0.05) is 30.3 Å². The van der Waals surface area contributed by atoms with Crippen molar-refractivity contribution in [1.82, 2.24) is 14.5 Å². The van der Waals surface area contributed by atoms with Crippen molar-refractivity contribution in [2.45, 2.75) is 12.8 Å². The summed E-state index contributed by atoms with van der Waals surface area (Å²) in [5, 5.41) is 0. The molecule has 0 aliphatic heterocycles. The van der Waals surface area contributed by atoms with E-state index in [9.17, 15) is 4.79 Å². The molecule has 0 fully saturated rings. The van der Waals surface area contributed by atoms with E-state index in [1.807, 2.05) is 36.4 Å². The van der Waals surface area contributed by atoms with Crippen molar-refractivity contribution < 1.29 is 4.79 Å². The van der Waals surface area contributed by atoms with Crippen molar-refractivity contribution in [2.75, 3.05) is 14.1 Å². The second kappa shape index (κ2) is 6.02. The predicted molar refractivity (Wildman–Crippen MR) is 88.1 cm³/mol. The monoisotopic (exact) mass is 293 g/mol. The third-order valence-electron chi connectivity index (χ3n) is 3.71. The van der Waals surface area contributed by atoms with E-state index >= 15 is 0 Å². The number of hydrogen-bond donors (Lipinski definition) is 0. The Balaban J connectivity index is 2.04. The first-order valence-electron chi connectivity index (χ1n) is 7.39.